The molecular formula is C19H19IN2O3. The van der Waals surface area contributed by atoms with Crippen molar-refractivity contribution in [2.75, 3.05) is 23.4 Å². The van der Waals surface area contributed by atoms with Gasteiger partial charge in [-0.25, -0.2) is 0 Å². The van der Waals surface area contributed by atoms with Crippen LogP contribution in [0.1, 0.15) is 13.3 Å². The van der Waals surface area contributed by atoms with Crippen LogP contribution in [0.2, 0.25) is 0 Å². The Morgan fingerprint density at radius 3 is 2.64 bits per heavy atom. The van der Waals surface area contributed by atoms with Crippen LogP contribution >= 0.6 is 22.6 Å². The number of hydrogen-bond acceptors (Lipinski definition) is 3. The summed E-state index contributed by atoms with van der Waals surface area (Å²) in [7, 11) is 0. The predicted molar refractivity (Wildman–Crippen MR) is 106 cm³/mol. The number of para-hydroxylation sites is 1. The Kier molecular flexibility index (Phi) is 5.57. The Bertz CT molecular complexity index is 776. The molecule has 1 atom stereocenters. The molecule has 1 N–H and O–H groups in total. The third-order valence-corrected chi connectivity index (χ3v) is 5.03. The Hall–Kier alpha value is -2.09. The van der Waals surface area contributed by atoms with E-state index in [-0.39, 0.29) is 24.2 Å². The van der Waals surface area contributed by atoms with Crippen LogP contribution in [0, 0.1) is 9.49 Å². The molecule has 2 amide bonds. The van der Waals surface area contributed by atoms with E-state index in [1.165, 1.54) is 0 Å². The van der Waals surface area contributed by atoms with Crippen molar-refractivity contribution >= 4 is 45.8 Å². The monoisotopic (exact) mass is 450 g/mol. The number of hydrogen-bond donors (Lipinski definition) is 1. The van der Waals surface area contributed by atoms with Crippen LogP contribution in [0.3, 0.4) is 0 Å². The normalized spacial score (nSPS) is 16.8. The third kappa shape index (κ3) is 4.12. The molecule has 0 aromatic heterocycles. The average molecular weight is 450 g/mol. The minimum atomic E-state index is -0.352. The number of nitrogens with zero attached hydrogens (tertiary/aromatic N) is 1. The number of benzene rings is 2. The van der Waals surface area contributed by atoms with Crippen molar-refractivity contribution in [3.8, 4) is 5.75 Å². The lowest BCUT2D eigenvalue weighted by Gasteiger charge is -2.17. The van der Waals surface area contributed by atoms with Crippen LogP contribution in [0.4, 0.5) is 11.4 Å². The van der Waals surface area contributed by atoms with Gasteiger partial charge >= 0.3 is 0 Å². The number of ether oxygens (including phenoxy) is 1. The molecule has 130 valence electrons. The van der Waals surface area contributed by atoms with Gasteiger partial charge in [-0.05, 0) is 65.9 Å². The van der Waals surface area contributed by atoms with Crippen molar-refractivity contribution in [3.05, 3.63) is 52.1 Å². The van der Waals surface area contributed by atoms with Crippen LogP contribution in [0.5, 0.6) is 5.75 Å². The molecule has 6 heteroatoms. The second-order valence-electron chi connectivity index (χ2n) is 5.80. The summed E-state index contributed by atoms with van der Waals surface area (Å²) in [6.45, 7) is 2.92. The van der Waals surface area contributed by atoms with Gasteiger partial charge in [0.25, 0.3) is 0 Å². The minimum Gasteiger partial charge on any atom is -0.494 e. The first-order valence-corrected chi connectivity index (χ1v) is 9.25. The first-order chi connectivity index (χ1) is 12.1. The van der Waals surface area contributed by atoms with E-state index in [0.717, 1.165) is 20.7 Å². The third-order valence-electron chi connectivity index (χ3n) is 4.09. The second kappa shape index (κ2) is 7.86. The van der Waals surface area contributed by atoms with Crippen molar-refractivity contribution in [3.63, 3.8) is 0 Å². The molecular weight excluding hydrogens is 431 g/mol. The lowest BCUT2D eigenvalue weighted by atomic mass is 10.1. The number of rotatable bonds is 5. The van der Waals surface area contributed by atoms with E-state index in [1.54, 1.807) is 4.90 Å². The van der Waals surface area contributed by atoms with Crippen molar-refractivity contribution in [2.24, 2.45) is 5.92 Å². The lowest BCUT2D eigenvalue weighted by Crippen LogP contribution is -2.28. The molecule has 2 aromatic carbocycles. The van der Waals surface area contributed by atoms with Crippen molar-refractivity contribution in [1.29, 1.82) is 0 Å². The summed E-state index contributed by atoms with van der Waals surface area (Å²) in [6, 6.07) is 15.0. The van der Waals surface area contributed by atoms with Gasteiger partial charge < -0.3 is 15.0 Å². The number of anilines is 2. The van der Waals surface area contributed by atoms with Gasteiger partial charge in [-0.15, -0.1) is 0 Å². The number of amides is 2. The Morgan fingerprint density at radius 1 is 1.24 bits per heavy atom. The summed E-state index contributed by atoms with van der Waals surface area (Å²) < 4.78 is 6.39. The number of nitrogens with one attached hydrogen (secondary N) is 1. The lowest BCUT2D eigenvalue weighted by molar-refractivity contribution is -0.122. The van der Waals surface area contributed by atoms with E-state index in [1.807, 2.05) is 55.5 Å². The Morgan fingerprint density at radius 2 is 1.96 bits per heavy atom. The summed E-state index contributed by atoms with van der Waals surface area (Å²) in [5.74, 6) is 0.263. The van der Waals surface area contributed by atoms with Gasteiger partial charge in [0.15, 0.2) is 0 Å². The van der Waals surface area contributed by atoms with E-state index in [2.05, 4.69) is 27.9 Å². The molecule has 1 saturated heterocycles. The maximum atomic E-state index is 12.5. The van der Waals surface area contributed by atoms with Crippen molar-refractivity contribution in [1.82, 2.24) is 0 Å². The smallest absolute Gasteiger partial charge is 0.229 e. The van der Waals surface area contributed by atoms with Crippen LogP contribution in [0.15, 0.2) is 48.5 Å². The number of carbonyl (C=O) groups excluding carboxylic acids is 2. The van der Waals surface area contributed by atoms with E-state index in [9.17, 15) is 9.59 Å². The predicted octanol–water partition coefficient (Wildman–Crippen LogP) is 3.68. The fourth-order valence-electron chi connectivity index (χ4n) is 2.82. The molecule has 3 rings (SSSR count). The highest BCUT2D eigenvalue weighted by molar-refractivity contribution is 14.1. The van der Waals surface area contributed by atoms with Crippen LogP contribution in [-0.2, 0) is 9.59 Å². The minimum absolute atomic E-state index is 0.0351. The summed E-state index contributed by atoms with van der Waals surface area (Å²) in [5.41, 5.74) is 1.57. The summed E-state index contributed by atoms with van der Waals surface area (Å²) in [5, 5.41) is 2.93. The molecule has 0 unspecified atom stereocenters. The van der Waals surface area contributed by atoms with Crippen molar-refractivity contribution in [2.45, 2.75) is 13.3 Å². The van der Waals surface area contributed by atoms with Gasteiger partial charge in [0.05, 0.1) is 18.2 Å². The molecule has 0 saturated carbocycles. The zero-order valence-electron chi connectivity index (χ0n) is 13.9. The van der Waals surface area contributed by atoms with Gasteiger partial charge in [-0.1, -0.05) is 12.1 Å². The van der Waals surface area contributed by atoms with E-state index < -0.39 is 0 Å². The molecule has 5 nitrogen and oxygen atoms in total. The van der Waals surface area contributed by atoms with Crippen molar-refractivity contribution < 1.29 is 14.3 Å². The average Bonchev–Trinajstić information content (AvgIpc) is 3.00. The SMILES string of the molecule is CCOc1ccc(N2C[C@@H](C(=O)Nc3ccccc3I)CC2=O)cc1. The Labute approximate surface area is 160 Å². The molecule has 25 heavy (non-hydrogen) atoms. The maximum Gasteiger partial charge on any atom is 0.229 e. The number of carbonyl (C=O) groups is 2. The van der Waals surface area contributed by atoms with E-state index in [0.29, 0.717) is 13.2 Å². The summed E-state index contributed by atoms with van der Waals surface area (Å²) in [4.78, 5) is 26.5. The van der Waals surface area contributed by atoms with Gasteiger partial charge in [-0.3, -0.25) is 9.59 Å². The quantitative estimate of drug-likeness (QED) is 0.708. The first kappa shape index (κ1) is 17.7. The largest absolute Gasteiger partial charge is 0.494 e. The van der Waals surface area contributed by atoms with Gasteiger partial charge in [-0.2, -0.15) is 0 Å². The maximum absolute atomic E-state index is 12.5. The molecule has 1 fully saturated rings. The molecule has 0 spiro atoms. The van der Waals surface area contributed by atoms with Gasteiger partial charge in [0, 0.05) is 22.2 Å². The standard InChI is InChI=1S/C19H19IN2O3/c1-2-25-15-9-7-14(8-10-15)22-12-13(11-18(22)23)19(24)21-17-6-4-3-5-16(17)20/h3-10,13H,2,11-12H2,1H3,(H,21,24)/t13-/m0/s1. The van der Waals surface area contributed by atoms with Gasteiger partial charge in [0.1, 0.15) is 5.75 Å². The molecule has 2 aromatic rings. The highest BCUT2D eigenvalue weighted by atomic mass is 127. The fraction of sp³-hybridized carbons (Fsp3) is 0.263. The molecule has 1 aliphatic heterocycles. The summed E-state index contributed by atoms with van der Waals surface area (Å²) in [6.07, 6.45) is 0.225. The number of halogens is 1. The topological polar surface area (TPSA) is 58.6 Å². The zero-order chi connectivity index (χ0) is 17.8. The molecule has 0 radical (unpaired) electrons. The van der Waals surface area contributed by atoms with Crippen LogP contribution in [-0.4, -0.2) is 25.0 Å². The van der Waals surface area contributed by atoms with E-state index in [4.69, 9.17) is 4.74 Å². The van der Waals surface area contributed by atoms with E-state index >= 15 is 0 Å². The molecule has 1 heterocycles. The van der Waals surface area contributed by atoms with Crippen LogP contribution < -0.4 is 15.0 Å². The molecule has 0 bridgehead atoms. The molecule has 1 aliphatic rings. The fourth-order valence-corrected chi connectivity index (χ4v) is 3.34. The zero-order valence-corrected chi connectivity index (χ0v) is 16.0. The first-order valence-electron chi connectivity index (χ1n) is 8.17. The molecule has 0 aliphatic carbocycles. The summed E-state index contributed by atoms with van der Waals surface area (Å²) >= 11 is 2.18. The Balaban J connectivity index is 1.67. The highest BCUT2D eigenvalue weighted by Gasteiger charge is 2.35. The van der Waals surface area contributed by atoms with Gasteiger partial charge in [0.2, 0.25) is 11.8 Å². The second-order valence-corrected chi connectivity index (χ2v) is 6.96. The highest BCUT2D eigenvalue weighted by Crippen LogP contribution is 2.28. The van der Waals surface area contributed by atoms with Crippen LogP contribution in [0.25, 0.3) is 0 Å².